The average molecular weight is 234 g/mol. The molecular formula is C12H14N2O3. The van der Waals surface area contributed by atoms with Gasteiger partial charge in [0.15, 0.2) is 0 Å². The molecule has 0 aliphatic heterocycles. The molecule has 0 bridgehead atoms. The van der Waals surface area contributed by atoms with Crippen LogP contribution in [0.4, 0.5) is 0 Å². The standard InChI is InChI=1S/C12H14N2O3/c1-7(2)17-9-6-4-5-8-10(9)13-12(16-3)14-11(8)15/h4-7H,1-3H3,(H,13,14,15). The van der Waals surface area contributed by atoms with Gasteiger partial charge in [-0.3, -0.25) is 0 Å². The van der Waals surface area contributed by atoms with E-state index in [0.717, 1.165) is 0 Å². The van der Waals surface area contributed by atoms with E-state index in [1.165, 1.54) is 7.11 Å². The Morgan fingerprint density at radius 3 is 2.65 bits per heavy atom. The third-order valence-electron chi connectivity index (χ3n) is 2.19. The molecule has 1 N–H and O–H groups in total. The molecule has 2 aromatic rings. The number of benzene rings is 1. The summed E-state index contributed by atoms with van der Waals surface area (Å²) in [5.41, 5.74) is 0.547. The van der Waals surface area contributed by atoms with Gasteiger partial charge in [0.25, 0.3) is 0 Å². The lowest BCUT2D eigenvalue weighted by Gasteiger charge is -2.12. The fraction of sp³-hybridized carbons (Fsp3) is 0.333. The van der Waals surface area contributed by atoms with Crippen molar-refractivity contribution in [1.29, 1.82) is 0 Å². The van der Waals surface area contributed by atoms with Crippen molar-refractivity contribution < 1.29 is 14.6 Å². The van der Waals surface area contributed by atoms with Gasteiger partial charge >= 0.3 is 6.01 Å². The Hall–Kier alpha value is -2.04. The van der Waals surface area contributed by atoms with E-state index in [4.69, 9.17) is 9.47 Å². The van der Waals surface area contributed by atoms with E-state index in [1.807, 2.05) is 13.8 Å². The highest BCUT2D eigenvalue weighted by atomic mass is 16.5. The van der Waals surface area contributed by atoms with Gasteiger partial charge in [-0.1, -0.05) is 6.07 Å². The molecule has 5 nitrogen and oxygen atoms in total. The van der Waals surface area contributed by atoms with Crippen LogP contribution in [0, 0.1) is 0 Å². The van der Waals surface area contributed by atoms with Crippen molar-refractivity contribution in [3.63, 3.8) is 0 Å². The van der Waals surface area contributed by atoms with E-state index in [-0.39, 0.29) is 18.0 Å². The Bertz CT molecular complexity index is 541. The summed E-state index contributed by atoms with van der Waals surface area (Å²) in [6.45, 7) is 3.86. The zero-order valence-corrected chi connectivity index (χ0v) is 9.97. The van der Waals surface area contributed by atoms with Crippen LogP contribution in [0.5, 0.6) is 17.6 Å². The molecule has 17 heavy (non-hydrogen) atoms. The average Bonchev–Trinajstić information content (AvgIpc) is 2.29. The van der Waals surface area contributed by atoms with Crippen LogP contribution in [-0.2, 0) is 0 Å². The smallest absolute Gasteiger partial charge is 0.320 e. The Morgan fingerprint density at radius 1 is 1.24 bits per heavy atom. The molecule has 0 spiro atoms. The molecule has 5 heteroatoms. The highest BCUT2D eigenvalue weighted by Crippen LogP contribution is 2.30. The summed E-state index contributed by atoms with van der Waals surface area (Å²) in [7, 11) is 1.45. The number of hydrogen-bond donors (Lipinski definition) is 1. The van der Waals surface area contributed by atoms with Crippen LogP contribution in [0.3, 0.4) is 0 Å². The van der Waals surface area contributed by atoms with Crippen molar-refractivity contribution in [1.82, 2.24) is 9.97 Å². The molecule has 0 amide bonds. The summed E-state index contributed by atoms with van der Waals surface area (Å²) in [6, 6.07) is 5.44. The zero-order valence-electron chi connectivity index (χ0n) is 9.97. The summed E-state index contributed by atoms with van der Waals surface area (Å²) in [5.74, 6) is 0.495. The predicted octanol–water partition coefficient (Wildman–Crippen LogP) is 2.13. The number of nitrogens with zero attached hydrogens (tertiary/aromatic N) is 2. The quantitative estimate of drug-likeness (QED) is 0.881. The maximum Gasteiger partial charge on any atom is 0.320 e. The van der Waals surface area contributed by atoms with Crippen LogP contribution in [-0.4, -0.2) is 28.3 Å². The van der Waals surface area contributed by atoms with Gasteiger partial charge in [-0.15, -0.1) is 0 Å². The second-order valence-corrected chi connectivity index (χ2v) is 3.85. The summed E-state index contributed by atoms with van der Waals surface area (Å²) < 4.78 is 10.6. The Morgan fingerprint density at radius 2 is 2.00 bits per heavy atom. The lowest BCUT2D eigenvalue weighted by atomic mass is 10.2. The van der Waals surface area contributed by atoms with Crippen molar-refractivity contribution in [2.75, 3.05) is 7.11 Å². The lowest BCUT2D eigenvalue weighted by molar-refractivity contribution is 0.244. The second kappa shape index (κ2) is 4.45. The SMILES string of the molecule is COc1nc(O)c2cccc(OC(C)C)c2n1. The van der Waals surface area contributed by atoms with E-state index in [1.54, 1.807) is 18.2 Å². The predicted molar refractivity (Wildman–Crippen MR) is 63.5 cm³/mol. The first-order valence-corrected chi connectivity index (χ1v) is 5.32. The van der Waals surface area contributed by atoms with Crippen LogP contribution < -0.4 is 9.47 Å². The molecule has 0 saturated heterocycles. The molecule has 1 heterocycles. The molecule has 0 radical (unpaired) electrons. The van der Waals surface area contributed by atoms with E-state index in [9.17, 15) is 5.11 Å². The monoisotopic (exact) mass is 234 g/mol. The van der Waals surface area contributed by atoms with Gasteiger partial charge in [0.2, 0.25) is 5.88 Å². The minimum Gasteiger partial charge on any atom is -0.493 e. The van der Waals surface area contributed by atoms with Crippen molar-refractivity contribution >= 4 is 10.9 Å². The molecule has 1 aromatic heterocycles. The number of rotatable bonds is 3. The van der Waals surface area contributed by atoms with Crippen molar-refractivity contribution in [3.8, 4) is 17.6 Å². The van der Waals surface area contributed by atoms with Gasteiger partial charge < -0.3 is 14.6 Å². The molecule has 2 rings (SSSR count). The van der Waals surface area contributed by atoms with Gasteiger partial charge in [-0.2, -0.15) is 9.97 Å². The first-order valence-electron chi connectivity index (χ1n) is 5.32. The molecular weight excluding hydrogens is 220 g/mol. The molecule has 0 fully saturated rings. The van der Waals surface area contributed by atoms with Crippen LogP contribution in [0.1, 0.15) is 13.8 Å². The van der Waals surface area contributed by atoms with Gasteiger partial charge in [0, 0.05) is 0 Å². The van der Waals surface area contributed by atoms with Gasteiger partial charge in [0.1, 0.15) is 11.3 Å². The fourth-order valence-electron chi connectivity index (χ4n) is 1.53. The van der Waals surface area contributed by atoms with Crippen LogP contribution >= 0.6 is 0 Å². The summed E-state index contributed by atoms with van der Waals surface area (Å²) >= 11 is 0. The number of hydrogen-bond acceptors (Lipinski definition) is 5. The number of ether oxygens (including phenoxy) is 2. The first-order chi connectivity index (χ1) is 8.11. The van der Waals surface area contributed by atoms with Crippen molar-refractivity contribution in [3.05, 3.63) is 18.2 Å². The highest BCUT2D eigenvalue weighted by molar-refractivity contribution is 5.88. The fourth-order valence-corrected chi connectivity index (χ4v) is 1.53. The van der Waals surface area contributed by atoms with E-state index >= 15 is 0 Å². The topological polar surface area (TPSA) is 64.5 Å². The number of fused-ring (bicyclic) bond motifs is 1. The maximum absolute atomic E-state index is 9.76. The summed E-state index contributed by atoms with van der Waals surface area (Å²) in [4.78, 5) is 8.00. The second-order valence-electron chi connectivity index (χ2n) is 3.85. The molecule has 0 aliphatic rings. The Balaban J connectivity index is 2.64. The summed E-state index contributed by atoms with van der Waals surface area (Å²) in [5, 5.41) is 10.3. The summed E-state index contributed by atoms with van der Waals surface area (Å²) in [6.07, 6.45) is 0.0312. The van der Waals surface area contributed by atoms with Crippen LogP contribution in [0.2, 0.25) is 0 Å². The minimum atomic E-state index is -0.110. The van der Waals surface area contributed by atoms with E-state index in [0.29, 0.717) is 16.7 Å². The molecule has 1 aromatic carbocycles. The van der Waals surface area contributed by atoms with Gasteiger partial charge in [-0.05, 0) is 26.0 Å². The van der Waals surface area contributed by atoms with Gasteiger partial charge in [-0.25, -0.2) is 0 Å². The number of methoxy groups -OCH3 is 1. The number of para-hydroxylation sites is 1. The van der Waals surface area contributed by atoms with Crippen LogP contribution in [0.25, 0.3) is 10.9 Å². The molecule has 90 valence electrons. The highest BCUT2D eigenvalue weighted by Gasteiger charge is 2.12. The largest absolute Gasteiger partial charge is 0.493 e. The van der Waals surface area contributed by atoms with Crippen molar-refractivity contribution in [2.45, 2.75) is 20.0 Å². The third-order valence-corrected chi connectivity index (χ3v) is 2.19. The minimum absolute atomic E-state index is 0.0312. The number of aromatic nitrogens is 2. The molecule has 0 unspecified atom stereocenters. The van der Waals surface area contributed by atoms with Crippen molar-refractivity contribution in [2.24, 2.45) is 0 Å². The van der Waals surface area contributed by atoms with E-state index in [2.05, 4.69) is 9.97 Å². The molecule has 0 saturated carbocycles. The maximum atomic E-state index is 9.76. The van der Waals surface area contributed by atoms with E-state index < -0.39 is 0 Å². The Labute approximate surface area is 99.0 Å². The lowest BCUT2D eigenvalue weighted by Crippen LogP contribution is -2.06. The number of aromatic hydroxyl groups is 1. The molecule has 0 atom stereocenters. The normalized spacial score (nSPS) is 10.8. The molecule has 0 aliphatic carbocycles. The van der Waals surface area contributed by atoms with Crippen LogP contribution in [0.15, 0.2) is 18.2 Å². The van der Waals surface area contributed by atoms with Gasteiger partial charge in [0.05, 0.1) is 18.6 Å². The zero-order chi connectivity index (χ0) is 12.4. The first kappa shape index (κ1) is 11.4. The third kappa shape index (κ3) is 2.22. The Kier molecular flexibility index (Phi) is 2.99.